The van der Waals surface area contributed by atoms with Crippen LogP contribution in [0.4, 0.5) is 0 Å². The van der Waals surface area contributed by atoms with Gasteiger partial charge in [0.05, 0.1) is 25.9 Å². The van der Waals surface area contributed by atoms with E-state index in [1.54, 1.807) is 7.11 Å². The van der Waals surface area contributed by atoms with E-state index in [9.17, 15) is 5.11 Å². The van der Waals surface area contributed by atoms with Crippen LogP contribution in [0.15, 0.2) is 36.9 Å². The second-order valence-electron chi connectivity index (χ2n) is 5.66. The maximum absolute atomic E-state index is 10.3. The third-order valence-corrected chi connectivity index (χ3v) is 4.13. The van der Waals surface area contributed by atoms with Crippen LogP contribution < -0.4 is 4.74 Å². The summed E-state index contributed by atoms with van der Waals surface area (Å²) in [5.74, 6) is 0.783. The van der Waals surface area contributed by atoms with Gasteiger partial charge in [-0.3, -0.25) is 0 Å². The van der Waals surface area contributed by atoms with Crippen LogP contribution in [-0.4, -0.2) is 43.2 Å². The Bertz CT molecular complexity index is 500. The molecule has 1 aromatic rings. The Morgan fingerprint density at radius 2 is 2.09 bits per heavy atom. The molecule has 0 amide bonds. The molecule has 22 heavy (non-hydrogen) atoms. The first kappa shape index (κ1) is 15.5. The third-order valence-electron chi connectivity index (χ3n) is 4.13. The highest BCUT2D eigenvalue weighted by Gasteiger charge is 2.43. The molecule has 2 fully saturated rings. The van der Waals surface area contributed by atoms with E-state index in [1.165, 1.54) is 0 Å². The van der Waals surface area contributed by atoms with Gasteiger partial charge in [-0.15, -0.1) is 6.58 Å². The Morgan fingerprint density at radius 3 is 2.77 bits per heavy atom. The number of fused-ring (bicyclic) bond motifs is 1. The average Bonchev–Trinajstić information content (AvgIpc) is 2.55. The molecule has 0 radical (unpaired) electrons. The molecule has 0 saturated carbocycles. The highest BCUT2D eigenvalue weighted by atomic mass is 16.7. The van der Waals surface area contributed by atoms with Crippen LogP contribution in [0.1, 0.15) is 24.7 Å². The van der Waals surface area contributed by atoms with Crippen LogP contribution >= 0.6 is 0 Å². The van der Waals surface area contributed by atoms with Gasteiger partial charge in [-0.1, -0.05) is 18.2 Å². The zero-order valence-corrected chi connectivity index (χ0v) is 12.7. The Morgan fingerprint density at radius 1 is 1.32 bits per heavy atom. The minimum atomic E-state index is -0.548. The Kier molecular flexibility index (Phi) is 4.78. The standard InChI is InChI=1S/C17H22O5/c1-3-4-13-9-14(18)16-15(21-13)10-20-17(22-16)11-5-7-12(19-2)8-6-11/h3,5-8,13-18H,1,4,9-10H2,2H3/t13-,14+,15-,16+,17?/m1/s1. The van der Waals surface area contributed by atoms with Crippen LogP contribution in [0.5, 0.6) is 5.75 Å². The van der Waals surface area contributed by atoms with E-state index >= 15 is 0 Å². The molecule has 0 aromatic heterocycles. The van der Waals surface area contributed by atoms with Gasteiger partial charge >= 0.3 is 0 Å². The smallest absolute Gasteiger partial charge is 0.184 e. The maximum Gasteiger partial charge on any atom is 0.184 e. The summed E-state index contributed by atoms with van der Waals surface area (Å²) >= 11 is 0. The van der Waals surface area contributed by atoms with Gasteiger partial charge < -0.3 is 24.1 Å². The molecule has 120 valence electrons. The first-order valence-electron chi connectivity index (χ1n) is 7.56. The van der Waals surface area contributed by atoms with Crippen molar-refractivity contribution in [2.45, 2.75) is 43.5 Å². The number of methoxy groups -OCH3 is 1. The number of aliphatic hydroxyl groups is 1. The van der Waals surface area contributed by atoms with Crippen molar-refractivity contribution in [1.82, 2.24) is 0 Å². The molecule has 0 bridgehead atoms. The van der Waals surface area contributed by atoms with Gasteiger partial charge in [0.15, 0.2) is 6.29 Å². The fourth-order valence-corrected chi connectivity index (χ4v) is 2.98. The van der Waals surface area contributed by atoms with Crippen LogP contribution in [0, 0.1) is 0 Å². The van der Waals surface area contributed by atoms with Crippen molar-refractivity contribution < 1.29 is 24.1 Å². The highest BCUT2D eigenvalue weighted by molar-refractivity contribution is 5.28. The molecule has 5 nitrogen and oxygen atoms in total. The van der Waals surface area contributed by atoms with Crippen molar-refractivity contribution in [3.8, 4) is 5.75 Å². The second kappa shape index (κ2) is 6.79. The van der Waals surface area contributed by atoms with E-state index in [0.29, 0.717) is 13.0 Å². The minimum absolute atomic E-state index is 0.0153. The zero-order valence-electron chi connectivity index (χ0n) is 12.7. The summed E-state index contributed by atoms with van der Waals surface area (Å²) in [4.78, 5) is 0. The van der Waals surface area contributed by atoms with Gasteiger partial charge in [0.1, 0.15) is 18.0 Å². The second-order valence-corrected chi connectivity index (χ2v) is 5.66. The molecular formula is C17H22O5. The Labute approximate surface area is 130 Å². The van der Waals surface area contributed by atoms with Crippen molar-refractivity contribution in [3.05, 3.63) is 42.5 Å². The summed E-state index contributed by atoms with van der Waals surface area (Å²) in [5, 5.41) is 10.3. The molecule has 3 rings (SSSR count). The number of benzene rings is 1. The number of aliphatic hydroxyl groups excluding tert-OH is 1. The monoisotopic (exact) mass is 306 g/mol. The van der Waals surface area contributed by atoms with Gasteiger partial charge in [0.25, 0.3) is 0 Å². The van der Waals surface area contributed by atoms with Crippen LogP contribution in [0.3, 0.4) is 0 Å². The maximum atomic E-state index is 10.3. The van der Waals surface area contributed by atoms with Crippen molar-refractivity contribution in [2.75, 3.05) is 13.7 Å². The van der Waals surface area contributed by atoms with E-state index in [-0.39, 0.29) is 18.3 Å². The van der Waals surface area contributed by atoms with Gasteiger partial charge in [0.2, 0.25) is 0 Å². The van der Waals surface area contributed by atoms with Crippen molar-refractivity contribution in [3.63, 3.8) is 0 Å². The lowest BCUT2D eigenvalue weighted by atomic mass is 9.95. The third kappa shape index (κ3) is 3.17. The summed E-state index contributed by atoms with van der Waals surface area (Å²) in [6.45, 7) is 4.12. The highest BCUT2D eigenvalue weighted by Crippen LogP contribution is 2.34. The fourth-order valence-electron chi connectivity index (χ4n) is 2.98. The molecule has 2 heterocycles. The first-order valence-corrected chi connectivity index (χ1v) is 7.56. The lowest BCUT2D eigenvalue weighted by Crippen LogP contribution is -2.54. The molecule has 2 aliphatic rings. The molecule has 2 saturated heterocycles. The molecule has 0 aliphatic carbocycles. The normalized spacial score (nSPS) is 34.7. The SMILES string of the molecule is C=CC[C@@H]1C[C@H](O)[C@@H]2OC(c3ccc(OC)cc3)OC[C@H]2O1. The molecule has 1 aromatic carbocycles. The number of hydrogen-bond acceptors (Lipinski definition) is 5. The van der Waals surface area contributed by atoms with Gasteiger partial charge in [-0.25, -0.2) is 0 Å². The summed E-state index contributed by atoms with van der Waals surface area (Å²) in [5.41, 5.74) is 0.902. The first-order chi connectivity index (χ1) is 10.7. The average molecular weight is 306 g/mol. The van der Waals surface area contributed by atoms with Crippen LogP contribution in [0.2, 0.25) is 0 Å². The number of rotatable bonds is 4. The number of hydrogen-bond donors (Lipinski definition) is 1. The van der Waals surface area contributed by atoms with E-state index < -0.39 is 12.4 Å². The minimum Gasteiger partial charge on any atom is -0.497 e. The summed E-state index contributed by atoms with van der Waals surface area (Å²) in [7, 11) is 1.63. The molecular weight excluding hydrogens is 284 g/mol. The predicted molar refractivity (Wildman–Crippen MR) is 80.7 cm³/mol. The van der Waals surface area contributed by atoms with E-state index in [0.717, 1.165) is 17.7 Å². The largest absolute Gasteiger partial charge is 0.497 e. The summed E-state index contributed by atoms with van der Waals surface area (Å²) < 4.78 is 22.7. The van der Waals surface area contributed by atoms with Crippen LogP contribution in [-0.2, 0) is 14.2 Å². The zero-order chi connectivity index (χ0) is 15.5. The molecule has 0 spiro atoms. The van der Waals surface area contributed by atoms with Gasteiger partial charge in [-0.2, -0.15) is 0 Å². The van der Waals surface area contributed by atoms with E-state index in [4.69, 9.17) is 18.9 Å². The molecule has 1 unspecified atom stereocenters. The molecule has 2 aliphatic heterocycles. The molecule has 5 heteroatoms. The predicted octanol–water partition coefficient (Wildman–Crippen LogP) is 2.20. The quantitative estimate of drug-likeness (QED) is 0.864. The summed E-state index contributed by atoms with van der Waals surface area (Å²) in [6, 6.07) is 7.53. The Hall–Kier alpha value is -1.40. The number of ether oxygens (including phenoxy) is 4. The van der Waals surface area contributed by atoms with Crippen molar-refractivity contribution >= 4 is 0 Å². The lowest BCUT2D eigenvalue weighted by molar-refractivity contribution is -0.309. The van der Waals surface area contributed by atoms with Gasteiger partial charge in [0, 0.05) is 12.0 Å². The van der Waals surface area contributed by atoms with E-state index in [2.05, 4.69) is 6.58 Å². The topological polar surface area (TPSA) is 57.2 Å². The fraction of sp³-hybridized carbons (Fsp3) is 0.529. The van der Waals surface area contributed by atoms with E-state index in [1.807, 2.05) is 30.3 Å². The summed E-state index contributed by atoms with van der Waals surface area (Å²) in [6.07, 6.45) is 1.45. The van der Waals surface area contributed by atoms with Crippen LogP contribution in [0.25, 0.3) is 0 Å². The van der Waals surface area contributed by atoms with Crippen molar-refractivity contribution in [1.29, 1.82) is 0 Å². The molecule has 1 N–H and O–H groups in total. The van der Waals surface area contributed by atoms with Gasteiger partial charge in [-0.05, 0) is 18.6 Å². The Balaban J connectivity index is 1.66. The lowest BCUT2D eigenvalue weighted by Gasteiger charge is -2.44. The molecule has 5 atom stereocenters. The van der Waals surface area contributed by atoms with Crippen molar-refractivity contribution in [2.24, 2.45) is 0 Å².